The fourth-order valence-electron chi connectivity index (χ4n) is 1.08. The Balaban J connectivity index is 2.89. The first-order valence-electron chi connectivity index (χ1n) is 4.20. The topological polar surface area (TPSA) is 33.0 Å². The molecule has 0 bridgehead atoms. The van der Waals surface area contributed by atoms with Crippen molar-refractivity contribution >= 4 is 0 Å². The van der Waals surface area contributed by atoms with Gasteiger partial charge in [-0.3, -0.25) is 0 Å². The van der Waals surface area contributed by atoms with Gasteiger partial charge in [-0.25, -0.2) is 0 Å². The first-order valence-corrected chi connectivity index (χ1v) is 4.20. The quantitative estimate of drug-likeness (QED) is 0.615. The van der Waals surface area contributed by atoms with Crippen molar-refractivity contribution in [3.05, 3.63) is 29.8 Å². The highest BCUT2D eigenvalue weighted by atomic mass is 16.5. The molecule has 0 N–H and O–H groups in total. The summed E-state index contributed by atoms with van der Waals surface area (Å²) in [4.78, 5) is 0. The van der Waals surface area contributed by atoms with Crippen molar-refractivity contribution in [2.75, 3.05) is 0 Å². The van der Waals surface area contributed by atoms with E-state index >= 15 is 0 Å². The Morgan fingerprint density at radius 2 is 1.69 bits per heavy atom. The number of hydrogen-bond acceptors (Lipinski definition) is 2. The van der Waals surface area contributed by atoms with Crippen LogP contribution >= 0.6 is 0 Å². The van der Waals surface area contributed by atoms with Crippen LogP contribution in [0.4, 0.5) is 0 Å². The second kappa shape index (κ2) is 3.49. The minimum atomic E-state index is 0.144. The maximum atomic E-state index is 8.28. The van der Waals surface area contributed by atoms with E-state index in [1.807, 2.05) is 24.3 Å². The van der Waals surface area contributed by atoms with E-state index < -0.39 is 0 Å². The summed E-state index contributed by atoms with van der Waals surface area (Å²) >= 11 is 0. The summed E-state index contributed by atoms with van der Waals surface area (Å²) in [6.45, 7) is 6.44. The molecule has 1 aromatic carbocycles. The third-order valence-electron chi connectivity index (χ3n) is 1.88. The molecular formula is C11H13NO. The average molecular weight is 175 g/mol. The van der Waals surface area contributed by atoms with Gasteiger partial charge in [0.15, 0.2) is 0 Å². The second-order valence-corrected chi connectivity index (χ2v) is 3.97. The van der Waals surface area contributed by atoms with Gasteiger partial charge in [0.2, 0.25) is 0 Å². The highest BCUT2D eigenvalue weighted by molar-refractivity contribution is 5.31. The monoisotopic (exact) mass is 175 g/mol. The summed E-state index contributed by atoms with van der Waals surface area (Å²) in [7, 11) is 0. The van der Waals surface area contributed by atoms with Gasteiger partial charge in [0, 0.05) is 0 Å². The van der Waals surface area contributed by atoms with Gasteiger partial charge in [-0.05, 0) is 23.1 Å². The summed E-state index contributed by atoms with van der Waals surface area (Å²) < 4.78 is 4.68. The van der Waals surface area contributed by atoms with Crippen LogP contribution in [0.15, 0.2) is 24.3 Å². The second-order valence-electron chi connectivity index (χ2n) is 3.97. The largest absolute Gasteiger partial charge is 0.388 e. The third-order valence-corrected chi connectivity index (χ3v) is 1.88. The Morgan fingerprint density at radius 3 is 2.08 bits per heavy atom. The minimum absolute atomic E-state index is 0.144. The molecule has 0 aromatic heterocycles. The Kier molecular flexibility index (Phi) is 2.57. The van der Waals surface area contributed by atoms with Crippen molar-refractivity contribution < 1.29 is 4.74 Å². The number of nitrogens with zero attached hydrogens (tertiary/aromatic N) is 1. The summed E-state index contributed by atoms with van der Waals surface area (Å²) in [5.74, 6) is 0.593. The van der Waals surface area contributed by atoms with E-state index in [2.05, 4.69) is 25.5 Å². The maximum Gasteiger partial charge on any atom is 0.292 e. The molecule has 0 radical (unpaired) electrons. The lowest BCUT2D eigenvalue weighted by molar-refractivity contribution is 0.505. The predicted molar refractivity (Wildman–Crippen MR) is 51.4 cm³/mol. The number of rotatable bonds is 1. The SMILES string of the molecule is CC(C)(C)c1ccc(OC#N)cc1. The standard InChI is InChI=1S/C11H13NO/c1-11(2,3)9-4-6-10(7-5-9)13-8-12/h4-7H,1-3H3. The lowest BCUT2D eigenvalue weighted by Gasteiger charge is -2.18. The zero-order valence-electron chi connectivity index (χ0n) is 8.16. The van der Waals surface area contributed by atoms with Crippen LogP contribution < -0.4 is 4.74 Å². The van der Waals surface area contributed by atoms with Gasteiger partial charge in [-0.1, -0.05) is 32.9 Å². The van der Waals surface area contributed by atoms with Crippen LogP contribution in [-0.2, 0) is 5.41 Å². The van der Waals surface area contributed by atoms with Crippen LogP contribution in [0.3, 0.4) is 0 Å². The van der Waals surface area contributed by atoms with Gasteiger partial charge < -0.3 is 4.74 Å². The highest BCUT2D eigenvalue weighted by Crippen LogP contribution is 2.23. The number of ether oxygens (including phenoxy) is 1. The average Bonchev–Trinajstić information content (AvgIpc) is 2.04. The molecule has 0 atom stereocenters. The normalized spacial score (nSPS) is 10.6. The Hall–Kier alpha value is -1.49. The molecule has 0 aliphatic heterocycles. The number of nitriles is 1. The van der Waals surface area contributed by atoms with Gasteiger partial charge in [-0.2, -0.15) is 0 Å². The van der Waals surface area contributed by atoms with Crippen LogP contribution in [0.25, 0.3) is 0 Å². The Labute approximate surface area is 78.8 Å². The molecule has 1 aromatic rings. The van der Waals surface area contributed by atoms with Crippen LogP contribution in [0.5, 0.6) is 5.75 Å². The van der Waals surface area contributed by atoms with Crippen LogP contribution in [0, 0.1) is 11.5 Å². The van der Waals surface area contributed by atoms with Gasteiger partial charge in [-0.15, -0.1) is 5.26 Å². The smallest absolute Gasteiger partial charge is 0.292 e. The molecule has 2 nitrogen and oxygen atoms in total. The van der Waals surface area contributed by atoms with E-state index in [1.54, 1.807) is 6.26 Å². The molecule has 0 spiro atoms. The molecule has 0 heterocycles. The minimum Gasteiger partial charge on any atom is -0.388 e. The lowest BCUT2D eigenvalue weighted by Crippen LogP contribution is -2.10. The van der Waals surface area contributed by atoms with Crippen molar-refractivity contribution in [2.24, 2.45) is 0 Å². The van der Waals surface area contributed by atoms with E-state index in [-0.39, 0.29) is 5.41 Å². The molecule has 0 saturated carbocycles. The summed E-state index contributed by atoms with van der Waals surface area (Å²) in [5.41, 5.74) is 1.38. The molecule has 1 rings (SSSR count). The molecule has 68 valence electrons. The van der Waals surface area contributed by atoms with Crippen molar-refractivity contribution in [2.45, 2.75) is 26.2 Å². The highest BCUT2D eigenvalue weighted by Gasteiger charge is 2.12. The van der Waals surface area contributed by atoms with Gasteiger partial charge in [0.1, 0.15) is 5.75 Å². The lowest BCUT2D eigenvalue weighted by atomic mass is 9.87. The third kappa shape index (κ3) is 2.48. The zero-order valence-corrected chi connectivity index (χ0v) is 8.16. The van der Waals surface area contributed by atoms with Crippen molar-refractivity contribution in [3.8, 4) is 12.0 Å². The fourth-order valence-corrected chi connectivity index (χ4v) is 1.08. The van der Waals surface area contributed by atoms with E-state index in [4.69, 9.17) is 5.26 Å². The van der Waals surface area contributed by atoms with Crippen LogP contribution in [0.1, 0.15) is 26.3 Å². The molecule has 0 unspecified atom stereocenters. The van der Waals surface area contributed by atoms with E-state index in [9.17, 15) is 0 Å². The number of hydrogen-bond donors (Lipinski definition) is 0. The predicted octanol–water partition coefficient (Wildman–Crippen LogP) is 2.84. The Bertz CT molecular complexity index is 313. The van der Waals surface area contributed by atoms with Crippen LogP contribution in [-0.4, -0.2) is 0 Å². The van der Waals surface area contributed by atoms with E-state index in [0.717, 1.165) is 0 Å². The number of benzene rings is 1. The van der Waals surface area contributed by atoms with E-state index in [0.29, 0.717) is 5.75 Å². The molecule has 0 saturated heterocycles. The van der Waals surface area contributed by atoms with Gasteiger partial charge in [0.25, 0.3) is 6.26 Å². The summed E-state index contributed by atoms with van der Waals surface area (Å²) in [5, 5.41) is 8.28. The molecule has 2 heteroatoms. The van der Waals surface area contributed by atoms with Crippen molar-refractivity contribution in [1.29, 1.82) is 5.26 Å². The molecule has 0 amide bonds. The van der Waals surface area contributed by atoms with Crippen molar-refractivity contribution in [1.82, 2.24) is 0 Å². The summed E-state index contributed by atoms with van der Waals surface area (Å²) in [6, 6.07) is 7.58. The molecule has 0 aliphatic carbocycles. The van der Waals surface area contributed by atoms with E-state index in [1.165, 1.54) is 5.56 Å². The van der Waals surface area contributed by atoms with Gasteiger partial charge in [0.05, 0.1) is 0 Å². The fraction of sp³-hybridized carbons (Fsp3) is 0.364. The first kappa shape index (κ1) is 9.60. The molecular weight excluding hydrogens is 162 g/mol. The molecule has 0 aliphatic rings. The maximum absolute atomic E-state index is 8.28. The van der Waals surface area contributed by atoms with Crippen molar-refractivity contribution in [3.63, 3.8) is 0 Å². The van der Waals surface area contributed by atoms with Crippen LogP contribution in [0.2, 0.25) is 0 Å². The molecule has 0 fully saturated rings. The molecule has 13 heavy (non-hydrogen) atoms. The first-order chi connectivity index (χ1) is 6.04. The zero-order chi connectivity index (χ0) is 9.90. The Morgan fingerprint density at radius 1 is 1.15 bits per heavy atom. The summed E-state index contributed by atoms with van der Waals surface area (Å²) in [6.07, 6.45) is 1.64. The van der Waals surface area contributed by atoms with Gasteiger partial charge >= 0.3 is 0 Å².